The number of aryl methyl sites for hydroxylation is 1. The molecule has 2 aromatic carbocycles. The van der Waals surface area contributed by atoms with Crippen molar-refractivity contribution in [3.05, 3.63) is 53.6 Å². The van der Waals surface area contributed by atoms with Crippen LogP contribution in [0.2, 0.25) is 0 Å². The highest BCUT2D eigenvalue weighted by atomic mass is 32.2. The molecule has 0 saturated carbocycles. The lowest BCUT2D eigenvalue weighted by molar-refractivity contribution is 0.178. The zero-order valence-electron chi connectivity index (χ0n) is 17.1. The van der Waals surface area contributed by atoms with Crippen LogP contribution < -0.4 is 9.62 Å². The van der Waals surface area contributed by atoms with Crippen molar-refractivity contribution in [3.8, 4) is 0 Å². The molecular weight excluding hydrogens is 402 g/mol. The Bertz CT molecular complexity index is 970. The van der Waals surface area contributed by atoms with E-state index in [0.717, 1.165) is 38.3 Å². The molecule has 0 aliphatic carbocycles. The van der Waals surface area contributed by atoms with E-state index in [1.807, 2.05) is 23.9 Å². The molecule has 29 heavy (non-hydrogen) atoms. The Morgan fingerprint density at radius 2 is 1.83 bits per heavy atom. The van der Waals surface area contributed by atoms with Crippen LogP contribution in [0.5, 0.6) is 0 Å². The van der Waals surface area contributed by atoms with Gasteiger partial charge in [0.25, 0.3) is 0 Å². The predicted octanol–water partition coefficient (Wildman–Crippen LogP) is 3.98. The van der Waals surface area contributed by atoms with Crippen molar-refractivity contribution < 1.29 is 8.42 Å². The molecule has 0 spiro atoms. The summed E-state index contributed by atoms with van der Waals surface area (Å²) in [6, 6.07) is 15.2. The zero-order chi connectivity index (χ0) is 20.4. The van der Waals surface area contributed by atoms with Crippen molar-refractivity contribution in [2.45, 2.75) is 30.7 Å². The fourth-order valence-corrected chi connectivity index (χ4v) is 6.16. The van der Waals surface area contributed by atoms with Gasteiger partial charge in [-0.15, -0.1) is 11.8 Å². The molecule has 0 radical (unpaired) electrons. The Kier molecular flexibility index (Phi) is 6.08. The van der Waals surface area contributed by atoms with Gasteiger partial charge in [0.2, 0.25) is 10.0 Å². The molecule has 0 amide bonds. The molecule has 156 valence electrons. The molecule has 1 atom stereocenters. The van der Waals surface area contributed by atoms with Crippen molar-refractivity contribution in [2.75, 3.05) is 47.8 Å². The van der Waals surface area contributed by atoms with Gasteiger partial charge in [0.05, 0.1) is 17.6 Å². The molecule has 2 heterocycles. The summed E-state index contributed by atoms with van der Waals surface area (Å²) >= 11 is 1.96. The number of hydrogen-bond acceptors (Lipinski definition) is 5. The highest BCUT2D eigenvalue weighted by Gasteiger charge is 2.30. The minimum atomic E-state index is -3.31. The van der Waals surface area contributed by atoms with Crippen LogP contribution in [0.25, 0.3) is 0 Å². The lowest BCUT2D eigenvalue weighted by Gasteiger charge is -2.43. The van der Waals surface area contributed by atoms with E-state index in [1.165, 1.54) is 34.5 Å². The molecular formula is C22H29N3O2S2. The van der Waals surface area contributed by atoms with Gasteiger partial charge in [0.15, 0.2) is 0 Å². The minimum Gasteiger partial charge on any atom is -0.367 e. The van der Waals surface area contributed by atoms with Crippen molar-refractivity contribution in [1.29, 1.82) is 0 Å². The second-order valence-corrected chi connectivity index (χ2v) is 10.6. The summed E-state index contributed by atoms with van der Waals surface area (Å²) in [7, 11) is -3.31. The summed E-state index contributed by atoms with van der Waals surface area (Å²) in [5.41, 5.74) is 4.39. The number of rotatable bonds is 5. The second-order valence-electron chi connectivity index (χ2n) is 7.75. The van der Waals surface area contributed by atoms with E-state index in [4.69, 9.17) is 0 Å². The van der Waals surface area contributed by atoms with Gasteiger partial charge in [-0.1, -0.05) is 37.3 Å². The molecule has 1 unspecified atom stereocenters. The van der Waals surface area contributed by atoms with Gasteiger partial charge in [-0.3, -0.25) is 9.62 Å². The molecule has 5 nitrogen and oxygen atoms in total. The third-order valence-corrected chi connectivity index (χ3v) is 7.51. The molecule has 2 aromatic rings. The van der Waals surface area contributed by atoms with Gasteiger partial charge >= 0.3 is 0 Å². The minimum absolute atomic E-state index is 0.490. The van der Waals surface area contributed by atoms with Gasteiger partial charge < -0.3 is 4.90 Å². The lowest BCUT2D eigenvalue weighted by atomic mass is 10.0. The average Bonchev–Trinajstić information content (AvgIpc) is 2.72. The van der Waals surface area contributed by atoms with Gasteiger partial charge in [-0.2, -0.15) is 0 Å². The first-order valence-corrected chi connectivity index (χ1v) is 13.1. The number of nitrogens with one attached hydrogen (secondary N) is 1. The fraction of sp³-hybridized carbons (Fsp3) is 0.455. The van der Waals surface area contributed by atoms with Crippen molar-refractivity contribution >= 4 is 33.2 Å². The van der Waals surface area contributed by atoms with Crippen molar-refractivity contribution in [1.82, 2.24) is 4.90 Å². The number of hydrogen-bond donors (Lipinski definition) is 1. The third-order valence-electron chi connectivity index (χ3n) is 5.79. The number of nitrogens with zero attached hydrogens (tertiary/aromatic N) is 2. The Morgan fingerprint density at radius 1 is 1.07 bits per heavy atom. The summed E-state index contributed by atoms with van der Waals surface area (Å²) in [6.07, 6.45) is 3.28. The molecule has 0 bridgehead atoms. The van der Waals surface area contributed by atoms with Gasteiger partial charge in [-0.25, -0.2) is 8.42 Å². The topological polar surface area (TPSA) is 52.7 Å². The number of thioether (sulfide) groups is 1. The van der Waals surface area contributed by atoms with Crippen LogP contribution >= 0.6 is 11.8 Å². The molecule has 0 aromatic heterocycles. The number of fused-ring (bicyclic) bond motifs is 1. The number of benzene rings is 2. The van der Waals surface area contributed by atoms with E-state index in [9.17, 15) is 8.42 Å². The molecule has 1 N–H and O–H groups in total. The highest BCUT2D eigenvalue weighted by molar-refractivity contribution is 7.99. The standard InChI is InChI=1S/C22H29N3O2S2/c1-3-17-7-6-9-19(23-29(2,26)27)22(17)25-14-12-24(13-15-25)20-11-16-28-21-10-5-4-8-18(20)21/h4-10,20,23H,3,11-16H2,1-2H3. The molecule has 2 aliphatic heterocycles. The van der Waals surface area contributed by atoms with E-state index >= 15 is 0 Å². The number of piperazine rings is 1. The van der Waals surface area contributed by atoms with Gasteiger partial charge in [-0.05, 0) is 41.9 Å². The van der Waals surface area contributed by atoms with Gasteiger partial charge in [0.1, 0.15) is 0 Å². The first-order valence-electron chi connectivity index (χ1n) is 10.3. The van der Waals surface area contributed by atoms with E-state index < -0.39 is 10.0 Å². The Morgan fingerprint density at radius 3 is 2.55 bits per heavy atom. The van der Waals surface area contributed by atoms with Crippen molar-refractivity contribution in [3.63, 3.8) is 0 Å². The number of para-hydroxylation sites is 1. The van der Waals surface area contributed by atoms with Crippen LogP contribution in [0.1, 0.15) is 30.5 Å². The molecule has 1 saturated heterocycles. The Balaban J connectivity index is 1.54. The number of anilines is 2. The van der Waals surface area contributed by atoms with E-state index in [0.29, 0.717) is 11.7 Å². The summed E-state index contributed by atoms with van der Waals surface area (Å²) in [5.74, 6) is 1.17. The Hall–Kier alpha value is -1.70. The predicted molar refractivity (Wildman–Crippen MR) is 123 cm³/mol. The quantitative estimate of drug-likeness (QED) is 0.776. The maximum absolute atomic E-state index is 11.9. The summed E-state index contributed by atoms with van der Waals surface area (Å²) in [6.45, 7) is 5.90. The molecule has 2 aliphatic rings. The second kappa shape index (κ2) is 8.58. The van der Waals surface area contributed by atoms with Gasteiger partial charge in [0, 0.05) is 37.1 Å². The largest absolute Gasteiger partial charge is 0.367 e. The summed E-state index contributed by atoms with van der Waals surface area (Å²) in [5, 5.41) is 0. The fourth-order valence-electron chi connectivity index (χ4n) is 4.49. The average molecular weight is 432 g/mol. The van der Waals surface area contributed by atoms with Crippen LogP contribution in [0, 0.1) is 0 Å². The molecule has 7 heteroatoms. The van der Waals surface area contributed by atoms with E-state index in [1.54, 1.807) is 0 Å². The van der Waals surface area contributed by atoms with Crippen LogP contribution in [0.15, 0.2) is 47.4 Å². The smallest absolute Gasteiger partial charge is 0.229 e. The maximum Gasteiger partial charge on any atom is 0.229 e. The normalized spacial score (nSPS) is 20.3. The summed E-state index contributed by atoms with van der Waals surface area (Å²) in [4.78, 5) is 6.38. The van der Waals surface area contributed by atoms with Crippen LogP contribution in [0.4, 0.5) is 11.4 Å². The monoisotopic (exact) mass is 431 g/mol. The first kappa shape index (κ1) is 20.6. The third kappa shape index (κ3) is 4.57. The van der Waals surface area contributed by atoms with E-state index in [2.05, 4.69) is 51.8 Å². The van der Waals surface area contributed by atoms with Crippen LogP contribution in [-0.2, 0) is 16.4 Å². The number of sulfonamides is 1. The first-order chi connectivity index (χ1) is 14.0. The maximum atomic E-state index is 11.9. The SMILES string of the molecule is CCc1cccc(NS(C)(=O)=O)c1N1CCN(C2CCSc3ccccc32)CC1. The molecule has 4 rings (SSSR count). The Labute approximate surface area is 178 Å². The van der Waals surface area contributed by atoms with Crippen LogP contribution in [-0.4, -0.2) is 51.5 Å². The highest BCUT2D eigenvalue weighted by Crippen LogP contribution is 2.40. The summed E-state index contributed by atoms with van der Waals surface area (Å²) < 4.78 is 26.5. The lowest BCUT2D eigenvalue weighted by Crippen LogP contribution is -2.48. The van der Waals surface area contributed by atoms with E-state index in [-0.39, 0.29) is 0 Å². The zero-order valence-corrected chi connectivity index (χ0v) is 18.7. The molecule has 1 fully saturated rings. The van der Waals surface area contributed by atoms with Crippen LogP contribution in [0.3, 0.4) is 0 Å². The van der Waals surface area contributed by atoms with Crippen molar-refractivity contribution in [2.24, 2.45) is 0 Å².